The number of anilines is 2. The lowest BCUT2D eigenvalue weighted by atomic mass is 9.97. The Kier molecular flexibility index (Phi) is 3.94. The van der Waals surface area contributed by atoms with Crippen LogP contribution in [0.5, 0.6) is 0 Å². The SMILES string of the molecule is CCN1CCc2c(c(NCCCO)nc3n[nH]c(N)c23)C1. The molecule has 0 fully saturated rings. The number of H-pyrrole nitrogens is 1. The molecule has 7 nitrogen and oxygen atoms in total. The van der Waals surface area contributed by atoms with E-state index in [-0.39, 0.29) is 6.61 Å². The van der Waals surface area contributed by atoms with E-state index in [0.29, 0.717) is 24.4 Å². The summed E-state index contributed by atoms with van der Waals surface area (Å²) in [6.07, 6.45) is 1.66. The molecule has 5 N–H and O–H groups in total. The Hall–Kier alpha value is -1.86. The minimum Gasteiger partial charge on any atom is -0.396 e. The lowest BCUT2D eigenvalue weighted by Gasteiger charge is -2.29. The van der Waals surface area contributed by atoms with Crippen LogP contribution in [0.4, 0.5) is 11.6 Å². The maximum absolute atomic E-state index is 8.94. The molecular weight excluding hydrogens is 268 g/mol. The zero-order valence-electron chi connectivity index (χ0n) is 12.3. The number of aliphatic hydroxyl groups excluding tert-OH is 1. The van der Waals surface area contributed by atoms with Crippen LogP contribution < -0.4 is 11.1 Å². The van der Waals surface area contributed by atoms with Gasteiger partial charge in [0.05, 0.1) is 5.39 Å². The Morgan fingerprint density at radius 2 is 2.29 bits per heavy atom. The number of aromatic nitrogens is 3. The molecule has 3 heterocycles. The lowest BCUT2D eigenvalue weighted by molar-refractivity contribution is 0.269. The van der Waals surface area contributed by atoms with Crippen LogP contribution in [0, 0.1) is 0 Å². The highest BCUT2D eigenvalue weighted by molar-refractivity contribution is 5.92. The zero-order chi connectivity index (χ0) is 14.8. The molecule has 0 saturated carbocycles. The fourth-order valence-electron chi connectivity index (χ4n) is 2.91. The van der Waals surface area contributed by atoms with Crippen molar-refractivity contribution in [3.8, 4) is 0 Å². The van der Waals surface area contributed by atoms with Crippen molar-refractivity contribution in [2.24, 2.45) is 0 Å². The van der Waals surface area contributed by atoms with Gasteiger partial charge in [-0.15, -0.1) is 0 Å². The molecule has 0 spiro atoms. The van der Waals surface area contributed by atoms with Crippen LogP contribution in [0.15, 0.2) is 0 Å². The molecule has 0 aromatic carbocycles. The molecule has 0 aliphatic carbocycles. The van der Waals surface area contributed by atoms with Crippen LogP contribution in [0.2, 0.25) is 0 Å². The Morgan fingerprint density at radius 3 is 3.05 bits per heavy atom. The largest absolute Gasteiger partial charge is 0.396 e. The molecule has 0 saturated heterocycles. The van der Waals surface area contributed by atoms with E-state index in [1.807, 2.05) is 0 Å². The molecule has 2 aromatic rings. The van der Waals surface area contributed by atoms with Crippen molar-refractivity contribution in [3.05, 3.63) is 11.1 Å². The van der Waals surface area contributed by atoms with Gasteiger partial charge in [-0.3, -0.25) is 10.00 Å². The third-order valence-corrected chi connectivity index (χ3v) is 4.08. The number of nitrogens with one attached hydrogen (secondary N) is 2. The van der Waals surface area contributed by atoms with E-state index >= 15 is 0 Å². The topological polar surface area (TPSA) is 103 Å². The number of fused-ring (bicyclic) bond motifs is 3. The summed E-state index contributed by atoms with van der Waals surface area (Å²) < 4.78 is 0. The summed E-state index contributed by atoms with van der Waals surface area (Å²) in [5.41, 5.74) is 9.15. The van der Waals surface area contributed by atoms with E-state index in [1.165, 1.54) is 11.1 Å². The van der Waals surface area contributed by atoms with Gasteiger partial charge in [0.25, 0.3) is 0 Å². The fourth-order valence-corrected chi connectivity index (χ4v) is 2.91. The molecule has 114 valence electrons. The number of rotatable bonds is 5. The summed E-state index contributed by atoms with van der Waals surface area (Å²) in [4.78, 5) is 7.00. The average Bonchev–Trinajstić information content (AvgIpc) is 2.88. The Balaban J connectivity index is 2.04. The molecule has 1 aliphatic heterocycles. The quantitative estimate of drug-likeness (QED) is 0.605. The minimum absolute atomic E-state index is 0.174. The first-order valence-electron chi connectivity index (χ1n) is 7.47. The number of nitrogen functional groups attached to an aromatic ring is 1. The number of nitrogens with two attached hydrogens (primary N) is 1. The van der Waals surface area contributed by atoms with Gasteiger partial charge in [-0.2, -0.15) is 5.10 Å². The Morgan fingerprint density at radius 1 is 1.43 bits per heavy atom. The summed E-state index contributed by atoms with van der Waals surface area (Å²) in [7, 11) is 0. The van der Waals surface area contributed by atoms with Crippen LogP contribution in [-0.2, 0) is 13.0 Å². The van der Waals surface area contributed by atoms with Crippen LogP contribution in [0.1, 0.15) is 24.5 Å². The van der Waals surface area contributed by atoms with Crippen LogP contribution >= 0.6 is 0 Å². The summed E-state index contributed by atoms with van der Waals surface area (Å²) >= 11 is 0. The molecule has 0 radical (unpaired) electrons. The summed E-state index contributed by atoms with van der Waals surface area (Å²) in [5.74, 6) is 1.47. The number of likely N-dealkylation sites (N-methyl/N-ethyl adjacent to an activating group) is 1. The highest BCUT2D eigenvalue weighted by Gasteiger charge is 2.24. The molecule has 21 heavy (non-hydrogen) atoms. The van der Waals surface area contributed by atoms with Gasteiger partial charge in [-0.05, 0) is 24.9 Å². The fraction of sp³-hybridized carbons (Fsp3) is 0.571. The van der Waals surface area contributed by atoms with Gasteiger partial charge >= 0.3 is 0 Å². The molecule has 0 unspecified atom stereocenters. The third-order valence-electron chi connectivity index (χ3n) is 4.08. The number of hydrogen-bond donors (Lipinski definition) is 4. The van der Waals surface area contributed by atoms with Gasteiger partial charge in [0.2, 0.25) is 0 Å². The number of nitrogens with zero attached hydrogens (tertiary/aromatic N) is 3. The van der Waals surface area contributed by atoms with Crippen LogP contribution in [0.25, 0.3) is 11.0 Å². The molecule has 0 atom stereocenters. The van der Waals surface area contributed by atoms with E-state index < -0.39 is 0 Å². The monoisotopic (exact) mass is 290 g/mol. The van der Waals surface area contributed by atoms with Crippen LogP contribution in [-0.4, -0.2) is 51.4 Å². The van der Waals surface area contributed by atoms with E-state index in [4.69, 9.17) is 10.8 Å². The van der Waals surface area contributed by atoms with Crippen molar-refractivity contribution in [3.63, 3.8) is 0 Å². The molecule has 3 rings (SSSR count). The number of pyridine rings is 1. The highest BCUT2D eigenvalue weighted by Crippen LogP contribution is 2.33. The van der Waals surface area contributed by atoms with Crippen molar-refractivity contribution in [2.45, 2.75) is 26.3 Å². The lowest BCUT2D eigenvalue weighted by Crippen LogP contribution is -2.31. The van der Waals surface area contributed by atoms with Crippen molar-refractivity contribution in [2.75, 3.05) is 37.3 Å². The van der Waals surface area contributed by atoms with E-state index in [0.717, 1.165) is 37.3 Å². The van der Waals surface area contributed by atoms with E-state index in [9.17, 15) is 0 Å². The first kappa shape index (κ1) is 14.1. The Labute approximate surface area is 123 Å². The molecule has 7 heteroatoms. The predicted molar refractivity (Wildman–Crippen MR) is 83.1 cm³/mol. The van der Waals surface area contributed by atoms with E-state index in [2.05, 4.69) is 32.3 Å². The normalized spacial score (nSPS) is 15.3. The maximum Gasteiger partial charge on any atom is 0.185 e. The predicted octanol–water partition coefficient (Wildman–Crippen LogP) is 0.712. The van der Waals surface area contributed by atoms with Gasteiger partial charge in [-0.25, -0.2) is 4.98 Å². The smallest absolute Gasteiger partial charge is 0.185 e. The Bertz CT molecular complexity index is 638. The second kappa shape index (κ2) is 5.87. The first-order valence-corrected chi connectivity index (χ1v) is 7.47. The summed E-state index contributed by atoms with van der Waals surface area (Å²) in [5, 5.41) is 20.2. The van der Waals surface area contributed by atoms with Gasteiger partial charge in [0.15, 0.2) is 5.65 Å². The van der Waals surface area contributed by atoms with Crippen molar-refractivity contribution in [1.29, 1.82) is 0 Å². The number of hydrogen-bond acceptors (Lipinski definition) is 6. The molecule has 0 amide bonds. The summed E-state index contributed by atoms with van der Waals surface area (Å²) in [6, 6.07) is 0. The standard InChI is InChI=1S/C14H22N6O/c1-2-20-6-4-9-10(8-20)13(16-5-3-7-21)17-14-11(9)12(15)18-19-14/h21H,2-8H2,1H3,(H4,15,16,17,18,19). The van der Waals surface area contributed by atoms with Crippen molar-refractivity contribution in [1.82, 2.24) is 20.1 Å². The highest BCUT2D eigenvalue weighted by atomic mass is 16.3. The maximum atomic E-state index is 8.94. The third kappa shape index (κ3) is 2.54. The van der Waals surface area contributed by atoms with Gasteiger partial charge in [-0.1, -0.05) is 6.92 Å². The molecule has 1 aliphatic rings. The van der Waals surface area contributed by atoms with Gasteiger partial charge in [0.1, 0.15) is 11.6 Å². The zero-order valence-corrected chi connectivity index (χ0v) is 12.3. The van der Waals surface area contributed by atoms with Crippen molar-refractivity contribution >= 4 is 22.7 Å². The van der Waals surface area contributed by atoms with Crippen LogP contribution in [0.3, 0.4) is 0 Å². The second-order valence-corrected chi connectivity index (χ2v) is 5.38. The first-order chi connectivity index (χ1) is 10.2. The second-order valence-electron chi connectivity index (χ2n) is 5.38. The number of aliphatic hydroxyl groups is 1. The van der Waals surface area contributed by atoms with Crippen molar-refractivity contribution < 1.29 is 5.11 Å². The van der Waals surface area contributed by atoms with Gasteiger partial charge < -0.3 is 16.2 Å². The minimum atomic E-state index is 0.174. The number of aromatic amines is 1. The van der Waals surface area contributed by atoms with E-state index in [1.54, 1.807) is 0 Å². The average molecular weight is 290 g/mol. The molecule has 2 aromatic heterocycles. The van der Waals surface area contributed by atoms with Gasteiger partial charge in [0, 0.05) is 31.8 Å². The summed E-state index contributed by atoms with van der Waals surface area (Å²) in [6.45, 7) is 5.97. The molecular formula is C14H22N6O. The molecule has 0 bridgehead atoms.